The van der Waals surface area contributed by atoms with Crippen LogP contribution in [-0.4, -0.2) is 48.7 Å². The van der Waals surface area contributed by atoms with E-state index in [0.717, 1.165) is 10.1 Å². The summed E-state index contributed by atoms with van der Waals surface area (Å²) >= 11 is 0. The van der Waals surface area contributed by atoms with E-state index in [4.69, 9.17) is 23.7 Å². The molecule has 1 heterocycles. The number of nitrogens with zero attached hydrogens (tertiary/aromatic N) is 1. The standard InChI is InChI=1S/C37H36N2O9/c1-37(2,3)48-36(43)38-24-12-14-25(15-13-24)39-32(35(41)42)31(23-18-29(44-4)33(46-6)30(19-23)45-5)27-17-16-26(20-28(27)34(39)40)47-21-22-10-8-7-9-11-22/h7-20H,21H2,1-6H3,(H,38,43)(H,41,42). The second kappa shape index (κ2) is 13.8. The van der Waals surface area contributed by atoms with Crippen LogP contribution in [0.1, 0.15) is 36.8 Å². The van der Waals surface area contributed by atoms with E-state index in [1.807, 2.05) is 30.3 Å². The first-order chi connectivity index (χ1) is 22.9. The van der Waals surface area contributed by atoms with Crippen molar-refractivity contribution in [1.82, 2.24) is 4.57 Å². The van der Waals surface area contributed by atoms with Gasteiger partial charge in [0.25, 0.3) is 5.56 Å². The minimum atomic E-state index is -1.35. The zero-order valence-electron chi connectivity index (χ0n) is 27.5. The summed E-state index contributed by atoms with van der Waals surface area (Å²) in [6, 6.07) is 24.0. The van der Waals surface area contributed by atoms with Crippen molar-refractivity contribution in [2.75, 3.05) is 26.6 Å². The van der Waals surface area contributed by atoms with Gasteiger partial charge in [-0.1, -0.05) is 30.3 Å². The highest BCUT2D eigenvalue weighted by atomic mass is 16.6. The lowest BCUT2D eigenvalue weighted by atomic mass is 9.95. The number of rotatable bonds is 10. The number of nitrogens with one attached hydrogen (secondary N) is 1. The van der Waals surface area contributed by atoms with Crippen molar-refractivity contribution in [3.8, 4) is 39.8 Å². The van der Waals surface area contributed by atoms with Crippen molar-refractivity contribution < 1.29 is 38.4 Å². The van der Waals surface area contributed by atoms with Crippen LogP contribution in [-0.2, 0) is 11.3 Å². The first kappa shape index (κ1) is 33.4. The molecule has 0 aliphatic carbocycles. The van der Waals surface area contributed by atoms with Crippen LogP contribution in [0.4, 0.5) is 10.5 Å². The smallest absolute Gasteiger partial charge is 0.412 e. The Morgan fingerprint density at radius 3 is 2.02 bits per heavy atom. The van der Waals surface area contributed by atoms with E-state index in [1.165, 1.54) is 21.3 Å². The fourth-order valence-corrected chi connectivity index (χ4v) is 5.29. The number of hydrogen-bond donors (Lipinski definition) is 2. The molecular weight excluding hydrogens is 616 g/mol. The number of anilines is 1. The Kier molecular flexibility index (Phi) is 9.60. The molecule has 11 nitrogen and oxygen atoms in total. The summed E-state index contributed by atoms with van der Waals surface area (Å²) in [6.45, 7) is 5.51. The van der Waals surface area contributed by atoms with Crippen molar-refractivity contribution in [1.29, 1.82) is 0 Å². The average molecular weight is 653 g/mol. The number of benzene rings is 4. The molecule has 11 heteroatoms. The van der Waals surface area contributed by atoms with Gasteiger partial charge in [0.1, 0.15) is 23.7 Å². The molecule has 48 heavy (non-hydrogen) atoms. The van der Waals surface area contributed by atoms with Gasteiger partial charge in [0, 0.05) is 16.9 Å². The molecule has 0 aliphatic rings. The van der Waals surface area contributed by atoms with Crippen molar-refractivity contribution in [2.24, 2.45) is 0 Å². The van der Waals surface area contributed by atoms with Gasteiger partial charge in [0.2, 0.25) is 5.75 Å². The molecule has 2 N–H and O–H groups in total. The number of carboxylic acid groups (broad SMARTS) is 1. The fraction of sp³-hybridized carbons (Fsp3) is 0.216. The van der Waals surface area contributed by atoms with Crippen LogP contribution >= 0.6 is 0 Å². The molecule has 0 unspecified atom stereocenters. The van der Waals surface area contributed by atoms with E-state index in [-0.39, 0.29) is 28.9 Å². The Morgan fingerprint density at radius 2 is 1.46 bits per heavy atom. The monoisotopic (exact) mass is 652 g/mol. The Morgan fingerprint density at radius 1 is 0.812 bits per heavy atom. The molecule has 0 saturated carbocycles. The number of pyridine rings is 1. The average Bonchev–Trinajstić information content (AvgIpc) is 3.06. The van der Waals surface area contributed by atoms with Crippen LogP contribution < -0.4 is 29.8 Å². The largest absolute Gasteiger partial charge is 0.493 e. The van der Waals surface area contributed by atoms with Crippen molar-refractivity contribution in [3.63, 3.8) is 0 Å². The molecule has 248 valence electrons. The molecule has 0 aliphatic heterocycles. The number of methoxy groups -OCH3 is 3. The van der Waals surface area contributed by atoms with Crippen LogP contribution in [0.3, 0.4) is 0 Å². The number of amides is 1. The summed E-state index contributed by atoms with van der Waals surface area (Å²) in [5, 5.41) is 13.9. The minimum absolute atomic E-state index is 0.213. The molecule has 0 saturated heterocycles. The molecule has 1 amide bonds. The molecule has 4 aromatic carbocycles. The number of hydrogen-bond acceptors (Lipinski definition) is 8. The van der Waals surface area contributed by atoms with Gasteiger partial charge in [-0.05, 0) is 91.9 Å². The van der Waals surface area contributed by atoms with Crippen molar-refractivity contribution in [3.05, 3.63) is 107 Å². The third-order valence-electron chi connectivity index (χ3n) is 7.33. The van der Waals surface area contributed by atoms with E-state index >= 15 is 0 Å². The molecule has 0 radical (unpaired) electrons. The summed E-state index contributed by atoms with van der Waals surface area (Å²) in [5.74, 6) is -0.00388. The van der Waals surface area contributed by atoms with E-state index < -0.39 is 23.2 Å². The molecule has 0 bridgehead atoms. The first-order valence-corrected chi connectivity index (χ1v) is 15.0. The summed E-state index contributed by atoms with van der Waals surface area (Å²) in [4.78, 5) is 39.8. The molecule has 0 spiro atoms. The quantitative estimate of drug-likeness (QED) is 0.159. The highest BCUT2D eigenvalue weighted by Gasteiger charge is 2.27. The fourth-order valence-electron chi connectivity index (χ4n) is 5.29. The molecule has 0 atom stereocenters. The van der Waals surface area contributed by atoms with Crippen molar-refractivity contribution in [2.45, 2.75) is 33.0 Å². The molecule has 0 fully saturated rings. The number of aromatic carboxylic acids is 1. The number of carbonyl (C=O) groups excluding carboxylic acids is 1. The summed E-state index contributed by atoms with van der Waals surface area (Å²) in [6.07, 6.45) is -0.655. The predicted octanol–water partition coefficient (Wildman–Crippen LogP) is 7.31. The molecule has 5 rings (SSSR count). The van der Waals surface area contributed by atoms with Crippen LogP contribution in [0.15, 0.2) is 89.7 Å². The third kappa shape index (κ3) is 7.05. The third-order valence-corrected chi connectivity index (χ3v) is 7.33. The lowest BCUT2D eigenvalue weighted by Gasteiger charge is -2.21. The summed E-state index contributed by atoms with van der Waals surface area (Å²) in [5.41, 5.74) is 0.631. The highest BCUT2D eigenvalue weighted by Crippen LogP contribution is 2.44. The second-order valence-corrected chi connectivity index (χ2v) is 11.7. The number of carboxylic acids is 1. The van der Waals surface area contributed by atoms with Gasteiger partial charge in [0.15, 0.2) is 11.5 Å². The van der Waals surface area contributed by atoms with Gasteiger partial charge in [-0.15, -0.1) is 0 Å². The number of fused-ring (bicyclic) bond motifs is 1. The first-order valence-electron chi connectivity index (χ1n) is 15.0. The zero-order valence-corrected chi connectivity index (χ0v) is 27.5. The maximum atomic E-state index is 14.3. The van der Waals surface area contributed by atoms with Crippen LogP contribution in [0.2, 0.25) is 0 Å². The van der Waals surface area contributed by atoms with E-state index in [0.29, 0.717) is 39.6 Å². The second-order valence-electron chi connectivity index (χ2n) is 11.7. The maximum absolute atomic E-state index is 14.3. The van der Waals surface area contributed by atoms with Gasteiger partial charge < -0.3 is 28.8 Å². The Labute approximate surface area is 277 Å². The normalized spacial score (nSPS) is 11.1. The number of carbonyl (C=O) groups is 2. The van der Waals surface area contributed by atoms with E-state index in [1.54, 1.807) is 75.4 Å². The Balaban J connectivity index is 1.74. The van der Waals surface area contributed by atoms with Gasteiger partial charge >= 0.3 is 12.1 Å². The van der Waals surface area contributed by atoms with Gasteiger partial charge in [0.05, 0.1) is 26.7 Å². The number of aromatic nitrogens is 1. The SMILES string of the molecule is COc1cc(-c2c(C(=O)O)n(-c3ccc(NC(=O)OC(C)(C)C)cc3)c(=O)c3cc(OCc4ccccc4)ccc23)cc(OC)c1OC. The van der Waals surface area contributed by atoms with Crippen LogP contribution in [0.25, 0.3) is 27.6 Å². The maximum Gasteiger partial charge on any atom is 0.412 e. The summed E-state index contributed by atoms with van der Waals surface area (Å²) in [7, 11) is 4.39. The van der Waals surface area contributed by atoms with Gasteiger partial charge in [-0.3, -0.25) is 14.7 Å². The topological polar surface area (TPSA) is 135 Å². The van der Waals surface area contributed by atoms with Crippen LogP contribution in [0, 0.1) is 0 Å². The van der Waals surface area contributed by atoms with Gasteiger partial charge in [-0.25, -0.2) is 9.59 Å². The zero-order chi connectivity index (χ0) is 34.6. The minimum Gasteiger partial charge on any atom is -0.493 e. The Hall–Kier alpha value is -5.97. The molecule has 1 aromatic heterocycles. The Bertz CT molecular complexity index is 2000. The number of ether oxygens (including phenoxy) is 5. The van der Waals surface area contributed by atoms with Crippen molar-refractivity contribution >= 4 is 28.5 Å². The van der Waals surface area contributed by atoms with E-state index in [9.17, 15) is 19.5 Å². The van der Waals surface area contributed by atoms with Gasteiger partial charge in [-0.2, -0.15) is 0 Å². The highest BCUT2D eigenvalue weighted by molar-refractivity contribution is 6.07. The lowest BCUT2D eigenvalue weighted by molar-refractivity contribution is 0.0634. The van der Waals surface area contributed by atoms with Crippen LogP contribution in [0.5, 0.6) is 23.0 Å². The summed E-state index contributed by atoms with van der Waals surface area (Å²) < 4.78 is 29.1. The van der Waals surface area contributed by atoms with E-state index in [2.05, 4.69) is 5.32 Å². The predicted molar refractivity (Wildman–Crippen MR) is 182 cm³/mol. The molecule has 5 aromatic rings. The lowest BCUT2D eigenvalue weighted by Crippen LogP contribution is -2.27. The molecular formula is C37H36N2O9.